The molecule has 0 radical (unpaired) electrons. The number of furan rings is 1. The Morgan fingerprint density at radius 3 is 1.33 bits per heavy atom. The summed E-state index contributed by atoms with van der Waals surface area (Å²) in [7, 11) is 0. The Labute approximate surface area is 422 Å². The van der Waals surface area contributed by atoms with E-state index in [1.165, 1.54) is 157 Å². The van der Waals surface area contributed by atoms with E-state index < -0.39 is 0 Å². The van der Waals surface area contributed by atoms with Crippen LogP contribution >= 0.6 is 0 Å². The molecular formula is C66H81BN2O. The molecule has 6 aromatic rings. The molecule has 0 unspecified atom stereocenters. The van der Waals surface area contributed by atoms with E-state index in [-0.39, 0.29) is 50.0 Å². The summed E-state index contributed by atoms with van der Waals surface area (Å²) < 4.78 is 7.66. The monoisotopic (exact) mass is 929 g/mol. The quantitative estimate of drug-likeness (QED) is 0.161. The first-order valence-electron chi connectivity index (χ1n) is 27.3. The highest BCUT2D eigenvalue weighted by Gasteiger charge is 2.51. The first kappa shape index (κ1) is 46.4. The number of hydrogen-bond acceptors (Lipinski definition) is 3. The highest BCUT2D eigenvalue weighted by atomic mass is 16.4. The molecule has 5 aromatic carbocycles. The fourth-order valence-electron chi connectivity index (χ4n) is 15.0. The molecule has 1 aromatic heterocycles. The zero-order chi connectivity index (χ0) is 50.0. The number of nitrogens with zero attached hydrogens (tertiary/aromatic N) is 2. The minimum absolute atomic E-state index is 0.0328. The SMILES string of the molecule is Cc1cc2c3c(c1)N(c1ccc4c(c1)C(C)(C)CCC4(C)C)c1oc4cc5c(cc4c1B3c1cc3c(cc1N2c1cc2c(cc1C)C(C)(C)CCC2(C)C)C(C)(C)CCC3(C)C)C(C)(C)CCC5(C)C. The van der Waals surface area contributed by atoms with Crippen LogP contribution in [0.1, 0.15) is 218 Å². The maximum absolute atomic E-state index is 7.66. The van der Waals surface area contributed by atoms with Gasteiger partial charge in [-0.15, -0.1) is 0 Å². The average molecular weight is 929 g/mol. The summed E-state index contributed by atoms with van der Waals surface area (Å²) in [4.78, 5) is 5.32. The second kappa shape index (κ2) is 14.1. The molecule has 0 fully saturated rings. The van der Waals surface area contributed by atoms with Gasteiger partial charge < -0.3 is 9.32 Å². The summed E-state index contributed by atoms with van der Waals surface area (Å²) in [5.41, 5.74) is 26.7. The molecule has 2 aliphatic heterocycles. The predicted molar refractivity (Wildman–Crippen MR) is 301 cm³/mol. The Morgan fingerprint density at radius 1 is 0.386 bits per heavy atom. The second-order valence-electron chi connectivity index (χ2n) is 29.0. The lowest BCUT2D eigenvalue weighted by Gasteiger charge is -2.48. The third kappa shape index (κ3) is 6.38. The van der Waals surface area contributed by atoms with Crippen LogP contribution in [0.2, 0.25) is 0 Å². The molecule has 6 aliphatic rings. The van der Waals surface area contributed by atoms with Crippen molar-refractivity contribution in [3.8, 4) is 0 Å². The summed E-state index contributed by atoms with van der Waals surface area (Å²) in [6.45, 7) is 44.3. The highest BCUT2D eigenvalue weighted by Crippen LogP contribution is 2.56. The van der Waals surface area contributed by atoms with Gasteiger partial charge in [-0.2, -0.15) is 0 Å². The van der Waals surface area contributed by atoms with E-state index in [4.69, 9.17) is 4.42 Å². The van der Waals surface area contributed by atoms with Crippen molar-refractivity contribution in [1.82, 2.24) is 0 Å². The van der Waals surface area contributed by atoms with Crippen molar-refractivity contribution in [2.24, 2.45) is 0 Å². The Balaban J connectivity index is 1.23. The van der Waals surface area contributed by atoms with Gasteiger partial charge in [-0.3, -0.25) is 4.90 Å². The van der Waals surface area contributed by atoms with Crippen LogP contribution in [0.5, 0.6) is 0 Å². The van der Waals surface area contributed by atoms with Gasteiger partial charge in [0.1, 0.15) is 5.58 Å². The molecule has 0 saturated carbocycles. The lowest BCUT2D eigenvalue weighted by molar-refractivity contribution is 0.331. The van der Waals surface area contributed by atoms with E-state index in [2.05, 4.69) is 201 Å². The van der Waals surface area contributed by atoms with Crippen LogP contribution in [0.15, 0.2) is 71.1 Å². The van der Waals surface area contributed by atoms with Gasteiger partial charge in [0.15, 0.2) is 0 Å². The van der Waals surface area contributed by atoms with Crippen LogP contribution in [0, 0.1) is 13.8 Å². The van der Waals surface area contributed by atoms with E-state index in [9.17, 15) is 0 Å². The maximum atomic E-state index is 7.66. The zero-order valence-corrected chi connectivity index (χ0v) is 46.4. The van der Waals surface area contributed by atoms with Crippen LogP contribution in [-0.4, -0.2) is 6.71 Å². The maximum Gasteiger partial charge on any atom is 0.257 e. The fourth-order valence-corrected chi connectivity index (χ4v) is 15.0. The minimum atomic E-state index is -0.0328. The Bertz CT molecular complexity index is 3270. The molecule has 0 spiro atoms. The lowest BCUT2D eigenvalue weighted by Crippen LogP contribution is -2.61. The zero-order valence-electron chi connectivity index (χ0n) is 46.4. The topological polar surface area (TPSA) is 19.6 Å². The van der Waals surface area contributed by atoms with Crippen molar-refractivity contribution in [1.29, 1.82) is 0 Å². The van der Waals surface area contributed by atoms with E-state index in [0.29, 0.717) is 0 Å². The molecule has 0 saturated heterocycles. The van der Waals surface area contributed by atoms with Crippen molar-refractivity contribution in [3.05, 3.63) is 122 Å². The number of aryl methyl sites for hydroxylation is 2. The van der Waals surface area contributed by atoms with Crippen molar-refractivity contribution >= 4 is 68.4 Å². The van der Waals surface area contributed by atoms with E-state index >= 15 is 0 Å². The minimum Gasteiger partial charge on any atom is -0.440 e. The molecule has 70 heavy (non-hydrogen) atoms. The molecule has 4 heteroatoms. The van der Waals surface area contributed by atoms with Gasteiger partial charge in [-0.05, 0) is 224 Å². The van der Waals surface area contributed by atoms with Gasteiger partial charge in [0.2, 0.25) is 5.88 Å². The van der Waals surface area contributed by atoms with Crippen LogP contribution in [0.3, 0.4) is 0 Å². The molecule has 12 rings (SSSR count). The van der Waals surface area contributed by atoms with Crippen LogP contribution in [0.4, 0.5) is 34.3 Å². The lowest BCUT2D eigenvalue weighted by atomic mass is 9.33. The van der Waals surface area contributed by atoms with Gasteiger partial charge >= 0.3 is 0 Å². The first-order valence-corrected chi connectivity index (χ1v) is 27.3. The Morgan fingerprint density at radius 2 is 0.800 bits per heavy atom. The molecule has 0 bridgehead atoms. The molecule has 0 N–H and O–H groups in total. The molecule has 0 atom stereocenters. The van der Waals surface area contributed by atoms with Crippen LogP contribution in [0.25, 0.3) is 11.0 Å². The Hall–Kier alpha value is -4.70. The van der Waals surface area contributed by atoms with Crippen LogP contribution in [-0.2, 0) is 43.3 Å². The number of hydrogen-bond donors (Lipinski definition) is 0. The first-order chi connectivity index (χ1) is 32.4. The predicted octanol–water partition coefficient (Wildman–Crippen LogP) is 16.5. The largest absolute Gasteiger partial charge is 0.440 e. The standard InChI is InChI=1S/C66H81BN2O/c1-38-29-53-57-54(30-38)69(51-35-47-43(31-39(51)2)60(5,6)23-26-64(47,13)14)52-36-48-46(63(11,12)25-27-65(48,15)16)34-50(52)67(57)56-41-33-45-49(66(17,18)28-24-62(45,9)10)37-55(41)70-58(56)68(53)40-19-20-42-44(32-40)61(7,8)22-21-59(42,3)4/h19-20,29-37H,21-28H2,1-18H3. The summed E-state index contributed by atoms with van der Waals surface area (Å²) in [6.07, 6.45) is 9.43. The molecule has 3 nitrogen and oxygen atoms in total. The smallest absolute Gasteiger partial charge is 0.257 e. The summed E-state index contributed by atoms with van der Waals surface area (Å²) in [5.74, 6) is 0.987. The fraction of sp³-hybridized carbons (Fsp3) is 0.515. The third-order valence-electron chi connectivity index (χ3n) is 20.3. The Kier molecular flexibility index (Phi) is 9.33. The second-order valence-corrected chi connectivity index (χ2v) is 29.0. The van der Waals surface area contributed by atoms with Crippen molar-refractivity contribution < 1.29 is 4.42 Å². The number of anilines is 6. The number of rotatable bonds is 2. The van der Waals surface area contributed by atoms with Crippen molar-refractivity contribution in [3.63, 3.8) is 0 Å². The molecule has 0 amide bonds. The number of benzene rings is 5. The normalized spacial score (nSPS) is 22.8. The van der Waals surface area contributed by atoms with Crippen molar-refractivity contribution in [2.45, 2.75) is 219 Å². The summed E-state index contributed by atoms with van der Waals surface area (Å²) in [6, 6.07) is 28.2. The number of fused-ring (bicyclic) bond motifs is 10. The van der Waals surface area contributed by atoms with Gasteiger partial charge in [0.05, 0.1) is 0 Å². The van der Waals surface area contributed by atoms with Gasteiger partial charge in [0, 0.05) is 39.3 Å². The van der Waals surface area contributed by atoms with Crippen LogP contribution < -0.4 is 26.2 Å². The average Bonchev–Trinajstić information content (AvgIpc) is 3.64. The third-order valence-corrected chi connectivity index (χ3v) is 20.3. The van der Waals surface area contributed by atoms with E-state index in [1.54, 1.807) is 0 Å². The van der Waals surface area contributed by atoms with E-state index in [1.807, 2.05) is 0 Å². The van der Waals surface area contributed by atoms with E-state index in [0.717, 1.165) is 11.5 Å². The van der Waals surface area contributed by atoms with Gasteiger partial charge in [-0.25, -0.2) is 0 Å². The highest BCUT2D eigenvalue weighted by molar-refractivity contribution is 7.01. The molecule has 4 aliphatic carbocycles. The van der Waals surface area contributed by atoms with Gasteiger partial charge in [-0.1, -0.05) is 129 Å². The van der Waals surface area contributed by atoms with Crippen molar-refractivity contribution in [2.75, 3.05) is 9.80 Å². The van der Waals surface area contributed by atoms with Gasteiger partial charge in [0.25, 0.3) is 6.71 Å². The summed E-state index contributed by atoms with van der Waals surface area (Å²) >= 11 is 0. The molecule has 364 valence electrons. The molecular weight excluding hydrogens is 848 g/mol. The molecule has 3 heterocycles. The summed E-state index contributed by atoms with van der Waals surface area (Å²) in [5, 5.41) is 1.27.